The van der Waals surface area contributed by atoms with Gasteiger partial charge in [-0.25, -0.2) is 0 Å². The molecule has 0 unspecified atom stereocenters. The lowest BCUT2D eigenvalue weighted by atomic mass is 9.99. The zero-order valence-corrected chi connectivity index (χ0v) is 12.3. The van der Waals surface area contributed by atoms with E-state index in [0.717, 1.165) is 25.1 Å². The van der Waals surface area contributed by atoms with Crippen LogP contribution in [-0.2, 0) is 0 Å². The molecule has 1 aliphatic rings. The summed E-state index contributed by atoms with van der Waals surface area (Å²) >= 11 is 0. The fourth-order valence-electron chi connectivity index (χ4n) is 2.89. The van der Waals surface area contributed by atoms with Crippen molar-refractivity contribution in [2.45, 2.75) is 38.3 Å². The summed E-state index contributed by atoms with van der Waals surface area (Å²) < 4.78 is 0. The second kappa shape index (κ2) is 6.40. The minimum atomic E-state index is -0.357. The van der Waals surface area contributed by atoms with Gasteiger partial charge in [-0.05, 0) is 45.5 Å². The SMILES string of the molecule is CC[C@H](O)c1ccccc1N(C)C1CCN(C)CC1. The Kier molecular flexibility index (Phi) is 4.83. The molecule has 1 saturated heterocycles. The number of anilines is 1. The maximum absolute atomic E-state index is 10.2. The highest BCUT2D eigenvalue weighted by atomic mass is 16.3. The van der Waals surface area contributed by atoms with Crippen molar-refractivity contribution in [3.63, 3.8) is 0 Å². The van der Waals surface area contributed by atoms with E-state index >= 15 is 0 Å². The van der Waals surface area contributed by atoms with Crippen LogP contribution in [0.5, 0.6) is 0 Å². The van der Waals surface area contributed by atoms with Crippen molar-refractivity contribution in [2.24, 2.45) is 0 Å². The van der Waals surface area contributed by atoms with Gasteiger partial charge in [0.05, 0.1) is 6.10 Å². The van der Waals surface area contributed by atoms with Crippen LogP contribution in [0.2, 0.25) is 0 Å². The van der Waals surface area contributed by atoms with Gasteiger partial charge in [0.1, 0.15) is 0 Å². The Morgan fingerprint density at radius 1 is 1.32 bits per heavy atom. The van der Waals surface area contributed by atoms with Gasteiger partial charge >= 0.3 is 0 Å². The van der Waals surface area contributed by atoms with E-state index in [0.29, 0.717) is 6.04 Å². The number of benzene rings is 1. The van der Waals surface area contributed by atoms with E-state index in [1.807, 2.05) is 13.0 Å². The van der Waals surface area contributed by atoms with Crippen molar-refractivity contribution >= 4 is 5.69 Å². The predicted octanol–water partition coefficient (Wildman–Crippen LogP) is 2.66. The number of aliphatic hydroxyl groups excluding tert-OH is 1. The number of rotatable bonds is 4. The molecule has 1 atom stereocenters. The van der Waals surface area contributed by atoms with E-state index in [2.05, 4.69) is 42.1 Å². The molecule has 1 fully saturated rings. The van der Waals surface area contributed by atoms with E-state index in [4.69, 9.17) is 0 Å². The third-order valence-corrected chi connectivity index (χ3v) is 4.30. The van der Waals surface area contributed by atoms with E-state index in [1.54, 1.807) is 0 Å². The summed E-state index contributed by atoms with van der Waals surface area (Å²) in [7, 11) is 4.35. The summed E-state index contributed by atoms with van der Waals surface area (Å²) in [6.07, 6.45) is 2.80. The molecule has 2 rings (SSSR count). The molecule has 1 N–H and O–H groups in total. The molecular formula is C16H26N2O. The molecule has 0 bridgehead atoms. The maximum atomic E-state index is 10.2. The minimum Gasteiger partial charge on any atom is -0.388 e. The quantitative estimate of drug-likeness (QED) is 0.903. The molecule has 3 nitrogen and oxygen atoms in total. The molecule has 0 aromatic heterocycles. The normalized spacial score (nSPS) is 19.4. The van der Waals surface area contributed by atoms with Gasteiger partial charge in [0.2, 0.25) is 0 Å². The van der Waals surface area contributed by atoms with Crippen LogP contribution < -0.4 is 4.90 Å². The second-order valence-electron chi connectivity index (χ2n) is 5.63. The van der Waals surface area contributed by atoms with Crippen molar-refractivity contribution in [1.29, 1.82) is 0 Å². The third kappa shape index (κ3) is 3.28. The Morgan fingerprint density at radius 3 is 2.58 bits per heavy atom. The number of para-hydroxylation sites is 1. The lowest BCUT2D eigenvalue weighted by molar-refractivity contribution is 0.173. The summed E-state index contributed by atoms with van der Waals surface area (Å²) in [6, 6.07) is 8.84. The van der Waals surface area contributed by atoms with Crippen LogP contribution in [0.3, 0.4) is 0 Å². The first kappa shape index (κ1) is 14.4. The Morgan fingerprint density at radius 2 is 1.95 bits per heavy atom. The molecule has 0 amide bonds. The minimum absolute atomic E-state index is 0.357. The molecule has 19 heavy (non-hydrogen) atoms. The topological polar surface area (TPSA) is 26.7 Å². The van der Waals surface area contributed by atoms with E-state index in [9.17, 15) is 5.11 Å². The van der Waals surface area contributed by atoms with Crippen LogP contribution in [-0.4, -0.2) is 43.2 Å². The largest absolute Gasteiger partial charge is 0.388 e. The standard InChI is InChI=1S/C16H26N2O/c1-4-16(19)14-7-5-6-8-15(14)18(3)13-9-11-17(2)12-10-13/h5-8,13,16,19H,4,9-12H2,1-3H3/t16-/m0/s1. The van der Waals surface area contributed by atoms with Gasteiger partial charge < -0.3 is 14.9 Å². The third-order valence-electron chi connectivity index (χ3n) is 4.30. The summed E-state index contributed by atoms with van der Waals surface area (Å²) in [5, 5.41) is 10.2. The van der Waals surface area contributed by atoms with Gasteiger partial charge in [-0.15, -0.1) is 0 Å². The summed E-state index contributed by atoms with van der Waals surface area (Å²) in [4.78, 5) is 4.75. The Balaban J connectivity index is 2.16. The second-order valence-corrected chi connectivity index (χ2v) is 5.63. The molecular weight excluding hydrogens is 236 g/mol. The fraction of sp³-hybridized carbons (Fsp3) is 0.625. The van der Waals surface area contributed by atoms with Gasteiger partial charge in [0, 0.05) is 24.3 Å². The van der Waals surface area contributed by atoms with Gasteiger partial charge in [0.25, 0.3) is 0 Å². The first-order valence-corrected chi connectivity index (χ1v) is 7.31. The van der Waals surface area contributed by atoms with Crippen molar-refractivity contribution in [3.8, 4) is 0 Å². The molecule has 0 spiro atoms. The molecule has 1 heterocycles. The predicted molar refractivity (Wildman–Crippen MR) is 80.6 cm³/mol. The number of aliphatic hydroxyl groups is 1. The summed E-state index contributed by atoms with van der Waals surface area (Å²) in [6.45, 7) is 4.35. The number of hydrogen-bond donors (Lipinski definition) is 1. The van der Waals surface area contributed by atoms with Crippen LogP contribution in [0.25, 0.3) is 0 Å². The van der Waals surface area contributed by atoms with Crippen molar-refractivity contribution < 1.29 is 5.11 Å². The maximum Gasteiger partial charge on any atom is 0.0807 e. The molecule has 1 aliphatic heterocycles. The van der Waals surface area contributed by atoms with E-state index in [-0.39, 0.29) is 6.10 Å². The van der Waals surface area contributed by atoms with E-state index in [1.165, 1.54) is 18.5 Å². The average Bonchev–Trinajstić information content (AvgIpc) is 2.46. The van der Waals surface area contributed by atoms with Gasteiger partial charge in [0.15, 0.2) is 0 Å². The van der Waals surface area contributed by atoms with Gasteiger partial charge in [-0.1, -0.05) is 25.1 Å². The molecule has 106 valence electrons. The van der Waals surface area contributed by atoms with Crippen LogP contribution in [0.4, 0.5) is 5.69 Å². The van der Waals surface area contributed by atoms with Crippen LogP contribution in [0, 0.1) is 0 Å². The van der Waals surface area contributed by atoms with Crippen LogP contribution in [0.15, 0.2) is 24.3 Å². The number of likely N-dealkylation sites (tertiary alicyclic amines) is 1. The van der Waals surface area contributed by atoms with Crippen molar-refractivity contribution in [3.05, 3.63) is 29.8 Å². The highest BCUT2D eigenvalue weighted by Gasteiger charge is 2.23. The lowest BCUT2D eigenvalue weighted by Crippen LogP contribution is -2.42. The van der Waals surface area contributed by atoms with E-state index < -0.39 is 0 Å². The zero-order chi connectivity index (χ0) is 13.8. The Hall–Kier alpha value is -1.06. The molecule has 1 aromatic rings. The summed E-state index contributed by atoms with van der Waals surface area (Å²) in [5.41, 5.74) is 2.25. The number of piperidine rings is 1. The zero-order valence-electron chi connectivity index (χ0n) is 12.3. The molecule has 0 radical (unpaired) electrons. The number of hydrogen-bond acceptors (Lipinski definition) is 3. The van der Waals surface area contributed by atoms with Crippen molar-refractivity contribution in [2.75, 3.05) is 32.1 Å². The van der Waals surface area contributed by atoms with Gasteiger partial charge in [-0.2, -0.15) is 0 Å². The monoisotopic (exact) mass is 262 g/mol. The molecule has 0 aliphatic carbocycles. The molecule has 3 heteroatoms. The number of nitrogens with zero attached hydrogens (tertiary/aromatic N) is 2. The van der Waals surface area contributed by atoms with Gasteiger partial charge in [-0.3, -0.25) is 0 Å². The molecule has 0 saturated carbocycles. The average molecular weight is 262 g/mol. The lowest BCUT2D eigenvalue weighted by Gasteiger charge is -2.37. The van der Waals surface area contributed by atoms with Crippen LogP contribution >= 0.6 is 0 Å². The Labute approximate surface area is 116 Å². The smallest absolute Gasteiger partial charge is 0.0807 e. The Bertz CT molecular complexity index is 399. The first-order valence-electron chi connectivity index (χ1n) is 7.31. The fourth-order valence-corrected chi connectivity index (χ4v) is 2.89. The summed E-state index contributed by atoms with van der Waals surface area (Å²) in [5.74, 6) is 0. The van der Waals surface area contributed by atoms with Crippen molar-refractivity contribution in [1.82, 2.24) is 4.90 Å². The van der Waals surface area contributed by atoms with Crippen LogP contribution in [0.1, 0.15) is 37.9 Å². The highest BCUT2D eigenvalue weighted by Crippen LogP contribution is 2.30. The first-order chi connectivity index (χ1) is 9.13. The highest BCUT2D eigenvalue weighted by molar-refractivity contribution is 5.54. The molecule has 1 aromatic carbocycles.